The molecule has 0 aliphatic rings. The van der Waals surface area contributed by atoms with Gasteiger partial charge in [0.05, 0.1) is 12.6 Å². The molecule has 0 fully saturated rings. The van der Waals surface area contributed by atoms with Crippen LogP contribution in [0.4, 0.5) is 0 Å². The summed E-state index contributed by atoms with van der Waals surface area (Å²) in [5.41, 5.74) is 0.649. The smallest absolute Gasteiger partial charge is 0.217 e. The van der Waals surface area contributed by atoms with Gasteiger partial charge < -0.3 is 15.5 Å². The van der Waals surface area contributed by atoms with E-state index in [2.05, 4.69) is 21.2 Å². The fourth-order valence-electron chi connectivity index (χ4n) is 1.38. The molecule has 0 saturated carbocycles. The summed E-state index contributed by atoms with van der Waals surface area (Å²) in [4.78, 5) is 10.9. The summed E-state index contributed by atoms with van der Waals surface area (Å²) in [6.45, 7) is 1.04. The Hall–Kier alpha value is -0.910. The molecule has 0 aliphatic carbocycles. The van der Waals surface area contributed by atoms with E-state index in [4.69, 9.17) is 5.11 Å². The summed E-state index contributed by atoms with van der Waals surface area (Å²) in [7, 11) is 0. The Morgan fingerprint density at radius 3 is 2.44 bits per heavy atom. The van der Waals surface area contributed by atoms with Crippen LogP contribution in [-0.2, 0) is 4.79 Å². The highest BCUT2D eigenvalue weighted by Gasteiger charge is 2.20. The average Bonchev–Trinajstić information content (AvgIpc) is 2.25. The van der Waals surface area contributed by atoms with Crippen LogP contribution in [0.15, 0.2) is 28.7 Å². The maximum atomic E-state index is 10.9. The second-order valence-electron chi connectivity index (χ2n) is 3.49. The second kappa shape index (κ2) is 5.98. The molecule has 0 heterocycles. The molecule has 88 valence electrons. The number of hydrogen-bond acceptors (Lipinski definition) is 3. The first-order chi connectivity index (χ1) is 7.54. The molecule has 0 bridgehead atoms. The largest absolute Gasteiger partial charge is 0.394 e. The molecule has 0 aliphatic heterocycles. The van der Waals surface area contributed by atoms with Gasteiger partial charge in [0.25, 0.3) is 0 Å². The maximum Gasteiger partial charge on any atom is 0.217 e. The summed E-state index contributed by atoms with van der Waals surface area (Å²) < 4.78 is 0.906. The van der Waals surface area contributed by atoms with Crippen LogP contribution >= 0.6 is 15.9 Å². The number of halogens is 1. The molecule has 0 saturated heterocycles. The first-order valence-corrected chi connectivity index (χ1v) is 5.65. The SMILES string of the molecule is CC(=O)N[C@H](CO)[C@H](O)c1ccc(Br)cc1. The zero-order valence-electron chi connectivity index (χ0n) is 8.85. The topological polar surface area (TPSA) is 69.6 Å². The minimum Gasteiger partial charge on any atom is -0.394 e. The van der Waals surface area contributed by atoms with Crippen LogP contribution in [-0.4, -0.2) is 28.8 Å². The minimum atomic E-state index is -0.915. The highest BCUT2D eigenvalue weighted by atomic mass is 79.9. The summed E-state index contributed by atoms with van der Waals surface area (Å²) in [6.07, 6.45) is -0.915. The number of hydrogen-bond donors (Lipinski definition) is 3. The molecule has 0 aromatic heterocycles. The zero-order chi connectivity index (χ0) is 12.1. The molecule has 4 nitrogen and oxygen atoms in total. The molecule has 2 atom stereocenters. The van der Waals surface area contributed by atoms with Gasteiger partial charge in [-0.05, 0) is 17.7 Å². The van der Waals surface area contributed by atoms with Crippen LogP contribution in [0, 0.1) is 0 Å². The number of aliphatic hydroxyl groups excluding tert-OH is 2. The second-order valence-corrected chi connectivity index (χ2v) is 4.40. The number of amides is 1. The van der Waals surface area contributed by atoms with Crippen LogP contribution in [0.3, 0.4) is 0 Å². The van der Waals surface area contributed by atoms with Gasteiger partial charge in [0.2, 0.25) is 5.91 Å². The Labute approximate surface area is 102 Å². The van der Waals surface area contributed by atoms with Crippen LogP contribution in [0.2, 0.25) is 0 Å². The van der Waals surface area contributed by atoms with Crippen LogP contribution in [0.5, 0.6) is 0 Å². The Bertz CT molecular complexity index is 353. The lowest BCUT2D eigenvalue weighted by Crippen LogP contribution is -2.40. The highest BCUT2D eigenvalue weighted by molar-refractivity contribution is 9.10. The minimum absolute atomic E-state index is 0.282. The molecule has 3 N–H and O–H groups in total. The standard InChI is InChI=1S/C11H14BrNO3/c1-7(15)13-10(6-14)11(16)8-2-4-9(12)5-3-8/h2-5,10-11,14,16H,6H2,1H3,(H,13,15)/t10-,11-/m1/s1. The van der Waals surface area contributed by atoms with E-state index in [1.807, 2.05) is 0 Å². The molecular formula is C11H14BrNO3. The van der Waals surface area contributed by atoms with Crippen molar-refractivity contribution < 1.29 is 15.0 Å². The average molecular weight is 288 g/mol. The summed E-state index contributed by atoms with van der Waals surface area (Å²) >= 11 is 3.29. The third-order valence-corrected chi connectivity index (χ3v) is 2.71. The highest BCUT2D eigenvalue weighted by Crippen LogP contribution is 2.19. The molecule has 16 heavy (non-hydrogen) atoms. The summed E-state index contributed by atoms with van der Waals surface area (Å²) in [5.74, 6) is -0.282. The summed E-state index contributed by atoms with van der Waals surface area (Å²) in [5, 5.41) is 21.5. The van der Waals surface area contributed by atoms with Crippen molar-refractivity contribution in [2.75, 3.05) is 6.61 Å². The molecule has 1 amide bonds. The van der Waals surface area contributed by atoms with E-state index in [1.54, 1.807) is 24.3 Å². The molecule has 1 aromatic rings. The fraction of sp³-hybridized carbons (Fsp3) is 0.364. The van der Waals surface area contributed by atoms with E-state index in [1.165, 1.54) is 6.92 Å². The number of aliphatic hydroxyl groups is 2. The van der Waals surface area contributed by atoms with Gasteiger partial charge in [0, 0.05) is 11.4 Å². The van der Waals surface area contributed by atoms with Gasteiger partial charge >= 0.3 is 0 Å². The van der Waals surface area contributed by atoms with Crippen molar-refractivity contribution in [3.05, 3.63) is 34.3 Å². The van der Waals surface area contributed by atoms with E-state index in [9.17, 15) is 9.90 Å². The monoisotopic (exact) mass is 287 g/mol. The van der Waals surface area contributed by atoms with E-state index < -0.39 is 12.1 Å². The first kappa shape index (κ1) is 13.2. The van der Waals surface area contributed by atoms with Gasteiger partial charge in [0.1, 0.15) is 6.10 Å². The van der Waals surface area contributed by atoms with Gasteiger partial charge in [-0.15, -0.1) is 0 Å². The van der Waals surface area contributed by atoms with Crippen molar-refractivity contribution in [2.45, 2.75) is 19.1 Å². The van der Waals surface area contributed by atoms with Crippen molar-refractivity contribution >= 4 is 21.8 Å². The predicted octanol–water partition coefficient (Wildman–Crippen LogP) is 0.979. The van der Waals surface area contributed by atoms with Crippen molar-refractivity contribution in [2.24, 2.45) is 0 Å². The van der Waals surface area contributed by atoms with Gasteiger partial charge in [-0.2, -0.15) is 0 Å². The quantitative estimate of drug-likeness (QED) is 0.773. The Morgan fingerprint density at radius 1 is 1.44 bits per heavy atom. The lowest BCUT2D eigenvalue weighted by Gasteiger charge is -2.21. The molecule has 5 heteroatoms. The Balaban J connectivity index is 2.78. The van der Waals surface area contributed by atoms with Crippen LogP contribution < -0.4 is 5.32 Å². The van der Waals surface area contributed by atoms with Crippen LogP contribution in [0.1, 0.15) is 18.6 Å². The van der Waals surface area contributed by atoms with E-state index >= 15 is 0 Å². The van der Waals surface area contributed by atoms with Gasteiger partial charge in [0.15, 0.2) is 0 Å². The Morgan fingerprint density at radius 2 is 2.00 bits per heavy atom. The molecular weight excluding hydrogens is 274 g/mol. The number of benzene rings is 1. The van der Waals surface area contributed by atoms with E-state index in [-0.39, 0.29) is 12.5 Å². The van der Waals surface area contributed by atoms with E-state index in [0.717, 1.165) is 4.47 Å². The number of carbonyl (C=O) groups is 1. The third-order valence-electron chi connectivity index (χ3n) is 2.18. The molecule has 1 aromatic carbocycles. The normalized spacial score (nSPS) is 14.2. The van der Waals surface area contributed by atoms with Crippen LogP contribution in [0.25, 0.3) is 0 Å². The molecule has 1 rings (SSSR count). The van der Waals surface area contributed by atoms with Gasteiger partial charge in [-0.1, -0.05) is 28.1 Å². The predicted molar refractivity (Wildman–Crippen MR) is 63.8 cm³/mol. The van der Waals surface area contributed by atoms with Crippen molar-refractivity contribution in [3.8, 4) is 0 Å². The number of nitrogens with one attached hydrogen (secondary N) is 1. The fourth-order valence-corrected chi connectivity index (χ4v) is 1.64. The lowest BCUT2D eigenvalue weighted by atomic mass is 10.0. The summed E-state index contributed by atoms with van der Waals surface area (Å²) in [6, 6.07) is 6.37. The molecule has 0 unspecified atom stereocenters. The van der Waals surface area contributed by atoms with Crippen molar-refractivity contribution in [1.82, 2.24) is 5.32 Å². The molecule has 0 spiro atoms. The van der Waals surface area contributed by atoms with Gasteiger partial charge in [-0.3, -0.25) is 4.79 Å². The van der Waals surface area contributed by atoms with E-state index in [0.29, 0.717) is 5.56 Å². The van der Waals surface area contributed by atoms with Crippen molar-refractivity contribution in [1.29, 1.82) is 0 Å². The first-order valence-electron chi connectivity index (χ1n) is 4.86. The van der Waals surface area contributed by atoms with Crippen molar-refractivity contribution in [3.63, 3.8) is 0 Å². The Kier molecular flexibility index (Phi) is 4.92. The molecule has 0 radical (unpaired) electrons. The lowest BCUT2D eigenvalue weighted by molar-refractivity contribution is -0.121. The third kappa shape index (κ3) is 3.59. The maximum absolute atomic E-state index is 10.9. The number of rotatable bonds is 4. The number of carbonyl (C=O) groups excluding carboxylic acids is 1. The van der Waals surface area contributed by atoms with Gasteiger partial charge in [-0.25, -0.2) is 0 Å². The zero-order valence-corrected chi connectivity index (χ0v) is 10.4.